The van der Waals surface area contributed by atoms with Gasteiger partial charge < -0.3 is 10.2 Å². The van der Waals surface area contributed by atoms with Gasteiger partial charge in [-0.15, -0.1) is 0 Å². The molecule has 2 N–H and O–H groups in total. The molecule has 0 bridgehead atoms. The largest absolute Gasteiger partial charge is 0.481 e. The maximum Gasteiger partial charge on any atom is 0.307 e. The summed E-state index contributed by atoms with van der Waals surface area (Å²) in [5.41, 5.74) is -0.983. The van der Waals surface area contributed by atoms with Gasteiger partial charge in [0.2, 0.25) is 0 Å². The lowest BCUT2D eigenvalue weighted by atomic mass is 9.64. The fraction of sp³-hybridized carbons (Fsp3) is 0.900. The van der Waals surface area contributed by atoms with Crippen molar-refractivity contribution in [3.8, 4) is 0 Å². The van der Waals surface area contributed by atoms with Gasteiger partial charge in [-0.3, -0.25) is 4.79 Å². The first-order valence-electron chi connectivity index (χ1n) is 4.70. The molecule has 1 saturated carbocycles. The lowest BCUT2D eigenvalue weighted by Gasteiger charge is -2.43. The second-order valence-electron chi connectivity index (χ2n) is 5.09. The van der Waals surface area contributed by atoms with Gasteiger partial charge in [0.05, 0.1) is 11.5 Å². The fourth-order valence-electron chi connectivity index (χ4n) is 2.50. The highest BCUT2D eigenvalue weighted by molar-refractivity contribution is 5.71. The van der Waals surface area contributed by atoms with Crippen molar-refractivity contribution < 1.29 is 15.0 Å². The van der Waals surface area contributed by atoms with Crippen molar-refractivity contribution in [2.45, 2.75) is 45.6 Å². The third-order valence-corrected chi connectivity index (χ3v) is 3.05. The lowest BCUT2D eigenvalue weighted by molar-refractivity contribution is -0.152. The minimum atomic E-state index is -0.736. The first-order chi connectivity index (χ1) is 5.75. The third-order valence-electron chi connectivity index (χ3n) is 3.05. The van der Waals surface area contributed by atoms with Crippen LogP contribution in [0.25, 0.3) is 0 Å². The van der Waals surface area contributed by atoms with E-state index in [4.69, 9.17) is 5.11 Å². The predicted molar refractivity (Wildman–Crippen MR) is 49.4 cm³/mol. The molecule has 0 aromatic heterocycles. The number of aliphatic carboxylic acids is 1. The maximum absolute atomic E-state index is 10.9. The number of hydrogen-bond donors (Lipinski definition) is 2. The smallest absolute Gasteiger partial charge is 0.307 e. The van der Waals surface area contributed by atoms with Gasteiger partial charge in [-0.2, -0.15) is 0 Å². The van der Waals surface area contributed by atoms with Gasteiger partial charge in [-0.05, 0) is 31.6 Å². The molecule has 0 heterocycles. The molecule has 0 aromatic carbocycles. The highest BCUT2D eigenvalue weighted by Gasteiger charge is 2.44. The average Bonchev–Trinajstić information content (AvgIpc) is 1.79. The quantitative estimate of drug-likeness (QED) is 0.654. The molecule has 0 spiro atoms. The Kier molecular flexibility index (Phi) is 2.41. The van der Waals surface area contributed by atoms with Crippen LogP contribution in [0.2, 0.25) is 0 Å². The van der Waals surface area contributed by atoms with E-state index in [1.165, 1.54) is 0 Å². The molecule has 1 fully saturated rings. The Hall–Kier alpha value is -0.570. The van der Waals surface area contributed by atoms with E-state index in [1.54, 1.807) is 6.92 Å². The number of carboxylic acids is 1. The van der Waals surface area contributed by atoms with Crippen molar-refractivity contribution in [3.63, 3.8) is 0 Å². The van der Waals surface area contributed by atoms with Crippen LogP contribution in [0.4, 0.5) is 0 Å². The van der Waals surface area contributed by atoms with E-state index in [0.29, 0.717) is 19.3 Å². The van der Waals surface area contributed by atoms with Crippen molar-refractivity contribution in [2.24, 2.45) is 11.3 Å². The number of rotatable bonds is 1. The van der Waals surface area contributed by atoms with Gasteiger partial charge in [0, 0.05) is 0 Å². The summed E-state index contributed by atoms with van der Waals surface area (Å²) in [6.45, 7) is 5.62. The number of hydrogen-bond acceptors (Lipinski definition) is 2. The Morgan fingerprint density at radius 3 is 2.31 bits per heavy atom. The maximum atomic E-state index is 10.9. The van der Waals surface area contributed by atoms with Crippen LogP contribution >= 0.6 is 0 Å². The van der Waals surface area contributed by atoms with Gasteiger partial charge >= 0.3 is 5.97 Å². The summed E-state index contributed by atoms with van der Waals surface area (Å²) in [6, 6.07) is 0. The van der Waals surface area contributed by atoms with Crippen LogP contribution in [-0.4, -0.2) is 21.8 Å². The first-order valence-corrected chi connectivity index (χ1v) is 4.70. The van der Waals surface area contributed by atoms with Gasteiger partial charge in [0.15, 0.2) is 0 Å². The Morgan fingerprint density at radius 2 is 1.92 bits per heavy atom. The molecule has 0 amide bonds. The summed E-state index contributed by atoms with van der Waals surface area (Å²) in [5.74, 6) is -1.05. The molecule has 1 aliphatic carbocycles. The zero-order valence-electron chi connectivity index (χ0n) is 8.50. The monoisotopic (exact) mass is 186 g/mol. The molecule has 2 atom stereocenters. The molecule has 76 valence electrons. The molecule has 0 aromatic rings. The molecular formula is C10H18O3. The first kappa shape index (κ1) is 10.5. The Balaban J connectivity index is 2.79. The SMILES string of the molecule is CC1(C)C[C@@](C)(O)CC[C@@H]1C(=O)O. The summed E-state index contributed by atoms with van der Waals surface area (Å²) in [6.07, 6.45) is 1.74. The van der Waals surface area contributed by atoms with Crippen molar-refractivity contribution in [1.29, 1.82) is 0 Å². The zero-order valence-corrected chi connectivity index (χ0v) is 8.50. The molecule has 3 nitrogen and oxygen atoms in total. The topological polar surface area (TPSA) is 57.5 Å². The summed E-state index contributed by atoms with van der Waals surface area (Å²) in [7, 11) is 0. The van der Waals surface area contributed by atoms with Crippen LogP contribution in [0.1, 0.15) is 40.0 Å². The molecule has 1 aliphatic rings. The fourth-order valence-corrected chi connectivity index (χ4v) is 2.50. The van der Waals surface area contributed by atoms with Crippen molar-refractivity contribution >= 4 is 5.97 Å². The van der Waals surface area contributed by atoms with E-state index < -0.39 is 11.6 Å². The lowest BCUT2D eigenvalue weighted by Crippen LogP contribution is -2.44. The van der Waals surface area contributed by atoms with E-state index >= 15 is 0 Å². The summed E-state index contributed by atoms with van der Waals surface area (Å²) in [5, 5.41) is 18.8. The van der Waals surface area contributed by atoms with Crippen molar-refractivity contribution in [3.05, 3.63) is 0 Å². The minimum absolute atomic E-state index is 0.298. The van der Waals surface area contributed by atoms with Gasteiger partial charge in [-0.25, -0.2) is 0 Å². The highest BCUT2D eigenvalue weighted by atomic mass is 16.4. The molecule has 3 heteroatoms. The second-order valence-corrected chi connectivity index (χ2v) is 5.09. The van der Waals surface area contributed by atoms with Gasteiger partial charge in [0.25, 0.3) is 0 Å². The predicted octanol–water partition coefficient (Wildman–Crippen LogP) is 1.65. The Morgan fingerprint density at radius 1 is 1.38 bits per heavy atom. The molecule has 1 rings (SSSR count). The van der Waals surface area contributed by atoms with Crippen LogP contribution in [0.3, 0.4) is 0 Å². The molecular weight excluding hydrogens is 168 g/mol. The zero-order chi connectivity index (χ0) is 10.3. The van der Waals surface area contributed by atoms with E-state index in [-0.39, 0.29) is 11.3 Å². The van der Waals surface area contributed by atoms with Crippen LogP contribution in [0.5, 0.6) is 0 Å². The standard InChI is InChI=1S/C10H18O3/c1-9(2)6-10(3,13)5-4-7(9)8(11)12/h7,13H,4-6H2,1-3H3,(H,11,12)/t7-,10+/m1/s1. The normalized spacial score (nSPS) is 38.6. The van der Waals surface area contributed by atoms with Crippen LogP contribution in [0.15, 0.2) is 0 Å². The average molecular weight is 186 g/mol. The van der Waals surface area contributed by atoms with Gasteiger partial charge in [-0.1, -0.05) is 13.8 Å². The minimum Gasteiger partial charge on any atom is -0.481 e. The molecule has 0 radical (unpaired) electrons. The molecule has 0 saturated heterocycles. The van der Waals surface area contributed by atoms with E-state index in [2.05, 4.69) is 0 Å². The number of aliphatic hydroxyl groups is 1. The van der Waals surface area contributed by atoms with Gasteiger partial charge in [0.1, 0.15) is 0 Å². The Bertz CT molecular complexity index is 218. The summed E-state index contributed by atoms with van der Waals surface area (Å²) < 4.78 is 0. The van der Waals surface area contributed by atoms with Crippen LogP contribution in [0, 0.1) is 11.3 Å². The molecule has 0 unspecified atom stereocenters. The third kappa shape index (κ3) is 2.21. The van der Waals surface area contributed by atoms with E-state index in [9.17, 15) is 9.90 Å². The molecule has 13 heavy (non-hydrogen) atoms. The molecule has 0 aliphatic heterocycles. The Labute approximate surface area is 78.8 Å². The number of carboxylic acid groups (broad SMARTS) is 1. The summed E-state index contributed by atoms with van der Waals surface area (Å²) >= 11 is 0. The highest BCUT2D eigenvalue weighted by Crippen LogP contribution is 2.44. The van der Waals surface area contributed by atoms with Crippen molar-refractivity contribution in [2.75, 3.05) is 0 Å². The van der Waals surface area contributed by atoms with Crippen LogP contribution < -0.4 is 0 Å². The van der Waals surface area contributed by atoms with E-state index in [1.807, 2.05) is 13.8 Å². The van der Waals surface area contributed by atoms with Crippen LogP contribution in [-0.2, 0) is 4.79 Å². The van der Waals surface area contributed by atoms with E-state index in [0.717, 1.165) is 0 Å². The van der Waals surface area contributed by atoms with Crippen molar-refractivity contribution in [1.82, 2.24) is 0 Å². The summed E-state index contributed by atoms with van der Waals surface area (Å²) in [4.78, 5) is 10.9. The second kappa shape index (κ2) is 2.98. The number of carbonyl (C=O) groups is 1.